The van der Waals surface area contributed by atoms with Crippen molar-refractivity contribution >= 4 is 11.5 Å². The average molecular weight is 246 g/mol. The number of carbonyl (C=O) groups is 1. The van der Waals surface area contributed by atoms with Crippen molar-refractivity contribution in [2.45, 2.75) is 26.2 Å². The topological polar surface area (TPSA) is 46.3 Å². The van der Waals surface area contributed by atoms with Crippen molar-refractivity contribution in [3.8, 4) is 0 Å². The minimum Gasteiger partial charge on any atom is -0.399 e. The van der Waals surface area contributed by atoms with E-state index in [2.05, 4.69) is 11.8 Å². The number of hydrogen-bond donors (Lipinski definition) is 1. The van der Waals surface area contributed by atoms with E-state index in [1.165, 1.54) is 12.8 Å². The molecule has 0 aliphatic carbocycles. The maximum atomic E-state index is 12.0. The first kappa shape index (κ1) is 13.1. The van der Waals surface area contributed by atoms with Gasteiger partial charge in [0.1, 0.15) is 0 Å². The van der Waals surface area contributed by atoms with Gasteiger partial charge >= 0.3 is 0 Å². The van der Waals surface area contributed by atoms with Gasteiger partial charge in [0.15, 0.2) is 5.78 Å². The second-order valence-electron chi connectivity index (χ2n) is 5.32. The highest BCUT2D eigenvalue weighted by Crippen LogP contribution is 2.16. The van der Waals surface area contributed by atoms with Gasteiger partial charge in [-0.3, -0.25) is 4.79 Å². The van der Waals surface area contributed by atoms with E-state index in [1.807, 2.05) is 12.1 Å². The van der Waals surface area contributed by atoms with Gasteiger partial charge in [0, 0.05) is 24.2 Å². The largest absolute Gasteiger partial charge is 0.399 e. The van der Waals surface area contributed by atoms with E-state index < -0.39 is 0 Å². The molecule has 0 radical (unpaired) electrons. The van der Waals surface area contributed by atoms with Crippen LogP contribution in [0.2, 0.25) is 0 Å². The molecule has 1 fully saturated rings. The number of nitrogens with two attached hydrogens (primary N) is 1. The third-order valence-electron chi connectivity index (χ3n) is 3.76. The fourth-order valence-electron chi connectivity index (χ4n) is 2.36. The lowest BCUT2D eigenvalue weighted by molar-refractivity contribution is 0.0953. The van der Waals surface area contributed by atoms with Crippen LogP contribution in [0, 0.1) is 5.92 Å². The summed E-state index contributed by atoms with van der Waals surface area (Å²) in [5.74, 6) is 1.06. The van der Waals surface area contributed by atoms with Gasteiger partial charge in [-0.25, -0.2) is 0 Å². The van der Waals surface area contributed by atoms with Gasteiger partial charge in [-0.2, -0.15) is 0 Å². The molecule has 1 aliphatic rings. The fourth-order valence-corrected chi connectivity index (χ4v) is 2.36. The molecule has 18 heavy (non-hydrogen) atoms. The number of ketones is 1. The summed E-state index contributed by atoms with van der Waals surface area (Å²) >= 11 is 0. The summed E-state index contributed by atoms with van der Waals surface area (Å²) in [6.45, 7) is 5.46. The van der Waals surface area contributed by atoms with Gasteiger partial charge in [0.2, 0.25) is 0 Å². The Balaban J connectivity index is 1.79. The van der Waals surface area contributed by atoms with Gasteiger partial charge in [0.25, 0.3) is 0 Å². The van der Waals surface area contributed by atoms with Crippen LogP contribution in [0.3, 0.4) is 0 Å². The third-order valence-corrected chi connectivity index (χ3v) is 3.76. The molecule has 3 heteroatoms. The Hall–Kier alpha value is -1.35. The molecule has 2 rings (SSSR count). The number of likely N-dealkylation sites (tertiary alicyclic amines) is 1. The van der Waals surface area contributed by atoms with Gasteiger partial charge in [-0.1, -0.05) is 6.92 Å². The van der Waals surface area contributed by atoms with Crippen molar-refractivity contribution in [1.82, 2.24) is 4.90 Å². The van der Waals surface area contributed by atoms with Crippen LogP contribution in [-0.2, 0) is 0 Å². The average Bonchev–Trinajstić information content (AvgIpc) is 2.38. The van der Waals surface area contributed by atoms with Gasteiger partial charge < -0.3 is 10.6 Å². The summed E-state index contributed by atoms with van der Waals surface area (Å²) in [5, 5.41) is 0. The number of benzene rings is 1. The maximum Gasteiger partial charge on any atom is 0.164 e. The molecule has 1 heterocycles. The minimum atomic E-state index is 0.216. The molecule has 0 spiro atoms. The van der Waals surface area contributed by atoms with Gasteiger partial charge in [0.05, 0.1) is 0 Å². The van der Waals surface area contributed by atoms with Crippen LogP contribution in [0.25, 0.3) is 0 Å². The number of Topliss-reactive ketones (excluding diaryl/α,β-unsaturated/α-hetero) is 1. The van der Waals surface area contributed by atoms with E-state index in [-0.39, 0.29) is 5.78 Å². The second kappa shape index (κ2) is 6.01. The van der Waals surface area contributed by atoms with Crippen LogP contribution >= 0.6 is 0 Å². The Labute approximate surface area is 109 Å². The summed E-state index contributed by atoms with van der Waals surface area (Å²) in [6.07, 6.45) is 3.13. The van der Waals surface area contributed by atoms with E-state index >= 15 is 0 Å². The number of anilines is 1. The van der Waals surface area contributed by atoms with Crippen LogP contribution in [0.15, 0.2) is 24.3 Å². The van der Waals surface area contributed by atoms with Crippen molar-refractivity contribution in [2.24, 2.45) is 5.92 Å². The molecule has 98 valence electrons. The first-order valence-electron chi connectivity index (χ1n) is 6.76. The van der Waals surface area contributed by atoms with Crippen LogP contribution in [0.1, 0.15) is 36.5 Å². The normalized spacial score (nSPS) is 17.8. The van der Waals surface area contributed by atoms with Crippen molar-refractivity contribution in [3.05, 3.63) is 29.8 Å². The van der Waals surface area contributed by atoms with Crippen LogP contribution < -0.4 is 5.73 Å². The van der Waals surface area contributed by atoms with Crippen LogP contribution in [0.4, 0.5) is 5.69 Å². The molecule has 3 nitrogen and oxygen atoms in total. The van der Waals surface area contributed by atoms with Gasteiger partial charge in [-0.15, -0.1) is 0 Å². The monoisotopic (exact) mass is 246 g/mol. The molecule has 1 saturated heterocycles. The number of hydrogen-bond acceptors (Lipinski definition) is 3. The minimum absolute atomic E-state index is 0.216. The third kappa shape index (κ3) is 3.57. The number of nitrogens with zero attached hydrogens (tertiary/aromatic N) is 1. The molecule has 0 bridgehead atoms. The SMILES string of the molecule is CC1CCN(CCC(=O)c2ccc(N)cc2)CC1. The number of piperidine rings is 1. The van der Waals surface area contributed by atoms with E-state index in [0.717, 1.165) is 31.1 Å². The Morgan fingerprint density at radius 1 is 1.28 bits per heavy atom. The van der Waals surface area contributed by atoms with Crippen molar-refractivity contribution in [3.63, 3.8) is 0 Å². The molecular weight excluding hydrogens is 224 g/mol. The molecular formula is C15H22N2O. The summed E-state index contributed by atoms with van der Waals surface area (Å²) in [7, 11) is 0. The molecule has 0 aromatic heterocycles. The number of carbonyl (C=O) groups excluding carboxylic acids is 1. The Morgan fingerprint density at radius 3 is 2.50 bits per heavy atom. The lowest BCUT2D eigenvalue weighted by atomic mass is 9.99. The Morgan fingerprint density at radius 2 is 1.89 bits per heavy atom. The van der Waals surface area contributed by atoms with Gasteiger partial charge in [-0.05, 0) is 56.1 Å². The number of nitrogen functional groups attached to an aromatic ring is 1. The molecule has 0 saturated carbocycles. The highest BCUT2D eigenvalue weighted by atomic mass is 16.1. The Kier molecular flexibility index (Phi) is 4.37. The maximum absolute atomic E-state index is 12.0. The molecule has 1 aromatic rings. The molecule has 1 aromatic carbocycles. The lowest BCUT2D eigenvalue weighted by Gasteiger charge is -2.29. The summed E-state index contributed by atoms with van der Waals surface area (Å²) in [4.78, 5) is 14.4. The first-order valence-corrected chi connectivity index (χ1v) is 6.76. The zero-order valence-corrected chi connectivity index (χ0v) is 11.1. The molecule has 0 unspecified atom stereocenters. The van der Waals surface area contributed by atoms with Crippen molar-refractivity contribution in [1.29, 1.82) is 0 Å². The van der Waals surface area contributed by atoms with Crippen LogP contribution in [0.5, 0.6) is 0 Å². The standard InChI is InChI=1S/C15H22N2O/c1-12-6-9-17(10-7-12)11-8-15(18)13-2-4-14(16)5-3-13/h2-5,12H,6-11,16H2,1H3. The fraction of sp³-hybridized carbons (Fsp3) is 0.533. The molecule has 0 amide bonds. The van der Waals surface area contributed by atoms with E-state index in [1.54, 1.807) is 12.1 Å². The number of rotatable bonds is 4. The second-order valence-corrected chi connectivity index (χ2v) is 5.32. The lowest BCUT2D eigenvalue weighted by Crippen LogP contribution is -2.34. The summed E-state index contributed by atoms with van der Waals surface area (Å²) < 4.78 is 0. The highest BCUT2D eigenvalue weighted by Gasteiger charge is 2.16. The van der Waals surface area contributed by atoms with Crippen molar-refractivity contribution in [2.75, 3.05) is 25.4 Å². The predicted octanol–water partition coefficient (Wildman–Crippen LogP) is 2.57. The Bertz CT molecular complexity index is 391. The quantitative estimate of drug-likeness (QED) is 0.656. The smallest absolute Gasteiger partial charge is 0.164 e. The summed E-state index contributed by atoms with van der Waals surface area (Å²) in [6, 6.07) is 7.21. The van der Waals surface area contributed by atoms with E-state index in [0.29, 0.717) is 12.1 Å². The zero-order valence-electron chi connectivity index (χ0n) is 11.1. The molecule has 2 N–H and O–H groups in total. The first-order chi connectivity index (χ1) is 8.65. The molecule has 1 aliphatic heterocycles. The van der Waals surface area contributed by atoms with E-state index in [4.69, 9.17) is 5.73 Å². The van der Waals surface area contributed by atoms with Crippen molar-refractivity contribution < 1.29 is 4.79 Å². The zero-order chi connectivity index (χ0) is 13.0. The molecule has 0 atom stereocenters. The van der Waals surface area contributed by atoms with E-state index in [9.17, 15) is 4.79 Å². The highest BCUT2D eigenvalue weighted by molar-refractivity contribution is 5.96. The van der Waals surface area contributed by atoms with Crippen LogP contribution in [-0.4, -0.2) is 30.3 Å². The predicted molar refractivity (Wildman–Crippen MR) is 74.6 cm³/mol. The summed E-state index contributed by atoms with van der Waals surface area (Å²) in [5.41, 5.74) is 7.09.